The maximum Gasteiger partial charge on any atom is 0.132 e. The molecule has 0 aromatic heterocycles. The van der Waals surface area contributed by atoms with Crippen molar-refractivity contribution in [2.24, 2.45) is 0 Å². The van der Waals surface area contributed by atoms with Gasteiger partial charge in [0.2, 0.25) is 0 Å². The predicted molar refractivity (Wildman–Crippen MR) is 80.5 cm³/mol. The highest BCUT2D eigenvalue weighted by molar-refractivity contribution is 9.10. The molecule has 0 saturated carbocycles. The second-order valence-electron chi connectivity index (χ2n) is 4.38. The molecule has 1 N–H and O–H groups in total. The van der Waals surface area contributed by atoms with Crippen LogP contribution in [0.1, 0.15) is 24.2 Å². The van der Waals surface area contributed by atoms with Gasteiger partial charge in [-0.2, -0.15) is 0 Å². The van der Waals surface area contributed by atoms with Gasteiger partial charge < -0.3 is 9.84 Å². The Bertz CT molecular complexity index is 617. The minimum absolute atomic E-state index is 0.249. The fourth-order valence-electron chi connectivity index (χ4n) is 1.74. The first-order chi connectivity index (χ1) is 9.47. The summed E-state index contributed by atoms with van der Waals surface area (Å²) < 4.78 is 20.1. The molecular weight excluding hydrogens is 347 g/mol. The third-order valence-electron chi connectivity index (χ3n) is 2.83. The molecule has 2 rings (SSSR count). The molecule has 0 amide bonds. The molecule has 0 spiro atoms. The van der Waals surface area contributed by atoms with Gasteiger partial charge in [0.15, 0.2) is 0 Å². The summed E-state index contributed by atoms with van der Waals surface area (Å²) in [5.74, 6) is -0.0923. The lowest BCUT2D eigenvalue weighted by atomic mass is 10.1. The lowest BCUT2D eigenvalue weighted by Crippen LogP contribution is -1.99. The first kappa shape index (κ1) is 15.3. The number of aliphatic hydroxyl groups excluding tert-OH is 1. The zero-order valence-corrected chi connectivity index (χ0v) is 13.1. The smallest absolute Gasteiger partial charge is 0.132 e. The van der Waals surface area contributed by atoms with Crippen molar-refractivity contribution in [3.05, 3.63) is 62.8 Å². The normalized spacial score (nSPS) is 12.2. The summed E-state index contributed by atoms with van der Waals surface area (Å²) in [5, 5.41) is 9.95. The van der Waals surface area contributed by atoms with E-state index >= 15 is 0 Å². The van der Waals surface area contributed by atoms with Gasteiger partial charge in [-0.15, -0.1) is 0 Å². The Balaban J connectivity index is 2.09. The number of halogens is 3. The summed E-state index contributed by atoms with van der Waals surface area (Å²) in [6.45, 7) is 1.76. The van der Waals surface area contributed by atoms with Crippen molar-refractivity contribution in [1.82, 2.24) is 0 Å². The number of ether oxygens (including phenoxy) is 1. The van der Waals surface area contributed by atoms with Crippen molar-refractivity contribution in [3.63, 3.8) is 0 Å². The largest absolute Gasteiger partial charge is 0.489 e. The van der Waals surface area contributed by atoms with Gasteiger partial charge in [-0.1, -0.05) is 33.6 Å². The molecule has 106 valence electrons. The Hall–Kier alpha value is -1.10. The lowest BCUT2D eigenvalue weighted by molar-refractivity contribution is 0.194. The molecule has 20 heavy (non-hydrogen) atoms. The van der Waals surface area contributed by atoms with Crippen LogP contribution < -0.4 is 4.74 Å². The molecule has 0 heterocycles. The van der Waals surface area contributed by atoms with E-state index in [2.05, 4.69) is 15.9 Å². The molecule has 2 aromatic rings. The number of benzene rings is 2. The van der Waals surface area contributed by atoms with Gasteiger partial charge in [0.25, 0.3) is 0 Å². The van der Waals surface area contributed by atoms with Crippen LogP contribution in [0.3, 0.4) is 0 Å². The van der Waals surface area contributed by atoms with E-state index in [0.29, 0.717) is 10.8 Å². The van der Waals surface area contributed by atoms with Gasteiger partial charge in [-0.25, -0.2) is 4.39 Å². The summed E-state index contributed by atoms with van der Waals surface area (Å²) >= 11 is 9.40. The summed E-state index contributed by atoms with van der Waals surface area (Å²) in [6, 6.07) is 9.87. The van der Waals surface area contributed by atoms with Crippen molar-refractivity contribution in [3.8, 4) is 5.75 Å². The van der Waals surface area contributed by atoms with E-state index < -0.39 is 11.9 Å². The SMILES string of the molecule is C[C@H](O)c1ccc(OCc2ccc(Br)cc2Cl)cc1F. The molecule has 2 nitrogen and oxygen atoms in total. The third kappa shape index (κ3) is 3.72. The number of hydrogen-bond donors (Lipinski definition) is 1. The van der Waals surface area contributed by atoms with Crippen molar-refractivity contribution < 1.29 is 14.2 Å². The Morgan fingerprint density at radius 2 is 2.05 bits per heavy atom. The van der Waals surface area contributed by atoms with Crippen LogP contribution in [0.25, 0.3) is 0 Å². The maximum absolute atomic E-state index is 13.7. The van der Waals surface area contributed by atoms with E-state index in [4.69, 9.17) is 16.3 Å². The quantitative estimate of drug-likeness (QED) is 0.843. The minimum Gasteiger partial charge on any atom is -0.489 e. The standard InChI is InChI=1S/C15H13BrClFO2/c1-9(19)13-5-4-12(7-15(13)18)20-8-10-2-3-11(16)6-14(10)17/h2-7,9,19H,8H2,1H3/t9-/m0/s1. The van der Waals surface area contributed by atoms with E-state index in [-0.39, 0.29) is 12.2 Å². The number of rotatable bonds is 4. The molecule has 0 bridgehead atoms. The molecule has 0 saturated heterocycles. The van der Waals surface area contributed by atoms with Crippen molar-refractivity contribution in [1.29, 1.82) is 0 Å². The first-order valence-electron chi connectivity index (χ1n) is 6.01. The van der Waals surface area contributed by atoms with Crippen LogP contribution in [0.15, 0.2) is 40.9 Å². The van der Waals surface area contributed by atoms with E-state index in [0.717, 1.165) is 10.0 Å². The van der Waals surface area contributed by atoms with E-state index in [1.807, 2.05) is 12.1 Å². The molecule has 0 aliphatic rings. The van der Waals surface area contributed by atoms with Crippen molar-refractivity contribution >= 4 is 27.5 Å². The van der Waals surface area contributed by atoms with Crippen LogP contribution in [0.2, 0.25) is 5.02 Å². The fourth-order valence-corrected chi connectivity index (χ4v) is 2.46. The van der Waals surface area contributed by atoms with E-state index in [1.165, 1.54) is 19.1 Å². The van der Waals surface area contributed by atoms with Gasteiger partial charge in [-0.05, 0) is 31.2 Å². The number of hydrogen-bond acceptors (Lipinski definition) is 2. The molecule has 0 unspecified atom stereocenters. The lowest BCUT2D eigenvalue weighted by Gasteiger charge is -2.11. The second-order valence-corrected chi connectivity index (χ2v) is 5.71. The molecule has 0 fully saturated rings. The average Bonchev–Trinajstić information content (AvgIpc) is 2.37. The fraction of sp³-hybridized carbons (Fsp3) is 0.200. The van der Waals surface area contributed by atoms with Crippen LogP contribution in [0.4, 0.5) is 4.39 Å². The third-order valence-corrected chi connectivity index (χ3v) is 3.68. The highest BCUT2D eigenvalue weighted by Gasteiger charge is 2.09. The summed E-state index contributed by atoms with van der Waals surface area (Å²) in [6.07, 6.45) is -0.843. The van der Waals surface area contributed by atoms with Crippen LogP contribution >= 0.6 is 27.5 Å². The van der Waals surface area contributed by atoms with Gasteiger partial charge in [-0.3, -0.25) is 0 Å². The van der Waals surface area contributed by atoms with Gasteiger partial charge >= 0.3 is 0 Å². The van der Waals surface area contributed by atoms with Crippen LogP contribution in [0, 0.1) is 5.82 Å². The van der Waals surface area contributed by atoms with E-state index in [9.17, 15) is 9.50 Å². The average molecular weight is 360 g/mol. The molecular formula is C15H13BrClFO2. The van der Waals surface area contributed by atoms with Crippen molar-refractivity contribution in [2.45, 2.75) is 19.6 Å². The summed E-state index contributed by atoms with van der Waals surface area (Å²) in [7, 11) is 0. The second kappa shape index (κ2) is 6.57. The highest BCUT2D eigenvalue weighted by atomic mass is 79.9. The van der Waals surface area contributed by atoms with Gasteiger partial charge in [0.1, 0.15) is 18.2 Å². The maximum atomic E-state index is 13.7. The number of aliphatic hydroxyl groups is 1. The Morgan fingerprint density at radius 3 is 2.65 bits per heavy atom. The molecule has 0 radical (unpaired) electrons. The summed E-state index contributed by atoms with van der Waals surface area (Å²) in [5.41, 5.74) is 1.06. The summed E-state index contributed by atoms with van der Waals surface area (Å²) in [4.78, 5) is 0. The first-order valence-corrected chi connectivity index (χ1v) is 7.18. The zero-order valence-electron chi connectivity index (χ0n) is 10.7. The van der Waals surface area contributed by atoms with Gasteiger partial charge in [0.05, 0.1) is 6.10 Å². The highest BCUT2D eigenvalue weighted by Crippen LogP contribution is 2.25. The molecule has 2 aromatic carbocycles. The van der Waals surface area contributed by atoms with Gasteiger partial charge in [0, 0.05) is 26.7 Å². The van der Waals surface area contributed by atoms with E-state index in [1.54, 1.807) is 12.1 Å². The Morgan fingerprint density at radius 1 is 1.30 bits per heavy atom. The zero-order chi connectivity index (χ0) is 14.7. The molecule has 0 aliphatic heterocycles. The van der Waals surface area contributed by atoms with Crippen LogP contribution in [0.5, 0.6) is 5.75 Å². The predicted octanol–water partition coefficient (Wildman–Crippen LogP) is 4.87. The monoisotopic (exact) mass is 358 g/mol. The Kier molecular flexibility index (Phi) is 5.02. The molecule has 0 aliphatic carbocycles. The Labute approximate surface area is 130 Å². The molecule has 5 heteroatoms. The topological polar surface area (TPSA) is 29.5 Å². The van der Waals surface area contributed by atoms with Crippen LogP contribution in [-0.2, 0) is 6.61 Å². The van der Waals surface area contributed by atoms with Crippen LogP contribution in [-0.4, -0.2) is 5.11 Å². The molecule has 1 atom stereocenters. The van der Waals surface area contributed by atoms with Crippen molar-refractivity contribution in [2.75, 3.05) is 0 Å². The minimum atomic E-state index is -0.843.